The Morgan fingerprint density at radius 1 is 1.16 bits per heavy atom. The Kier molecular flexibility index (Phi) is 5.01. The van der Waals surface area contributed by atoms with Crippen molar-refractivity contribution in [2.75, 3.05) is 11.9 Å². The van der Waals surface area contributed by atoms with Crippen LogP contribution in [0, 0.1) is 0 Å². The highest BCUT2D eigenvalue weighted by Crippen LogP contribution is 2.20. The number of hydrogen-bond acceptors (Lipinski definition) is 2. The summed E-state index contributed by atoms with van der Waals surface area (Å²) in [6, 6.07) is 8.56. The van der Waals surface area contributed by atoms with Gasteiger partial charge in [0, 0.05) is 18.9 Å². The molecule has 0 spiro atoms. The molecule has 19 heavy (non-hydrogen) atoms. The molecule has 0 atom stereocenters. The summed E-state index contributed by atoms with van der Waals surface area (Å²) in [7, 11) is 0. The molecule has 0 bridgehead atoms. The third kappa shape index (κ3) is 3.37. The summed E-state index contributed by atoms with van der Waals surface area (Å²) >= 11 is 0. The first-order chi connectivity index (χ1) is 9.36. The van der Waals surface area contributed by atoms with Gasteiger partial charge in [-0.2, -0.15) is 0 Å². The quantitative estimate of drug-likeness (QED) is 0.759. The zero-order valence-electron chi connectivity index (χ0n) is 11.9. The number of anilines is 1. The lowest BCUT2D eigenvalue weighted by Crippen LogP contribution is -2.08. The third-order valence-electron chi connectivity index (χ3n) is 3.22. The average Bonchev–Trinajstić information content (AvgIpc) is 2.88. The van der Waals surface area contributed by atoms with Crippen LogP contribution in [0.25, 0.3) is 5.69 Å². The van der Waals surface area contributed by atoms with Crippen LogP contribution in [0.1, 0.15) is 38.7 Å². The van der Waals surface area contributed by atoms with Gasteiger partial charge in [0.25, 0.3) is 0 Å². The molecule has 0 saturated heterocycles. The molecule has 2 rings (SSSR count). The molecule has 1 heterocycles. The lowest BCUT2D eigenvalue weighted by Gasteiger charge is -2.13. The molecular weight excluding hydrogens is 234 g/mol. The van der Waals surface area contributed by atoms with Gasteiger partial charge in [-0.05, 0) is 24.5 Å². The molecule has 0 aliphatic carbocycles. The van der Waals surface area contributed by atoms with Gasteiger partial charge in [0.2, 0.25) is 5.95 Å². The zero-order chi connectivity index (χ0) is 13.5. The van der Waals surface area contributed by atoms with Crippen molar-refractivity contribution >= 4 is 5.95 Å². The predicted octanol–water partition coefficient (Wildman–Crippen LogP) is 4.04. The summed E-state index contributed by atoms with van der Waals surface area (Å²) in [6.07, 6.45) is 8.51. The third-order valence-corrected chi connectivity index (χ3v) is 3.22. The lowest BCUT2D eigenvalue weighted by molar-refractivity contribution is 0.821. The standard InChI is InChI=1S/C16H23N3/c1-3-5-11-17-16-18-12-13-19(16)15-10-7-6-9-14(15)8-4-2/h6-7,9-10,12-13H,3-5,8,11H2,1-2H3,(H,17,18). The van der Waals surface area contributed by atoms with Crippen molar-refractivity contribution in [1.82, 2.24) is 9.55 Å². The molecular formula is C16H23N3. The van der Waals surface area contributed by atoms with Crippen LogP contribution in [-0.4, -0.2) is 16.1 Å². The maximum Gasteiger partial charge on any atom is 0.207 e. The molecule has 3 heteroatoms. The van der Waals surface area contributed by atoms with Crippen molar-refractivity contribution in [1.29, 1.82) is 0 Å². The highest BCUT2D eigenvalue weighted by Gasteiger charge is 2.07. The van der Waals surface area contributed by atoms with E-state index in [1.54, 1.807) is 0 Å². The maximum absolute atomic E-state index is 4.42. The Morgan fingerprint density at radius 2 is 2.00 bits per heavy atom. The van der Waals surface area contributed by atoms with Crippen LogP contribution in [0.3, 0.4) is 0 Å². The number of aromatic nitrogens is 2. The van der Waals surface area contributed by atoms with Gasteiger partial charge in [-0.1, -0.05) is 44.9 Å². The van der Waals surface area contributed by atoms with E-state index in [2.05, 4.69) is 53.0 Å². The van der Waals surface area contributed by atoms with E-state index in [0.29, 0.717) is 0 Å². The zero-order valence-corrected chi connectivity index (χ0v) is 11.9. The minimum atomic E-state index is 0.942. The first kappa shape index (κ1) is 13.7. The Hall–Kier alpha value is -1.77. The van der Waals surface area contributed by atoms with E-state index in [1.165, 1.54) is 24.1 Å². The highest BCUT2D eigenvalue weighted by molar-refractivity contribution is 5.47. The van der Waals surface area contributed by atoms with Crippen molar-refractivity contribution in [3.8, 4) is 5.69 Å². The van der Waals surface area contributed by atoms with E-state index >= 15 is 0 Å². The summed E-state index contributed by atoms with van der Waals surface area (Å²) < 4.78 is 2.15. The molecule has 0 aliphatic rings. The fourth-order valence-electron chi connectivity index (χ4n) is 2.23. The molecule has 0 fully saturated rings. The van der Waals surface area contributed by atoms with Gasteiger partial charge in [-0.15, -0.1) is 0 Å². The second-order valence-corrected chi connectivity index (χ2v) is 4.78. The van der Waals surface area contributed by atoms with Gasteiger partial charge >= 0.3 is 0 Å². The number of nitrogens with zero attached hydrogens (tertiary/aromatic N) is 2. The van der Waals surface area contributed by atoms with Crippen molar-refractivity contribution in [3.63, 3.8) is 0 Å². The normalized spacial score (nSPS) is 10.6. The number of aryl methyl sites for hydroxylation is 1. The van der Waals surface area contributed by atoms with E-state index in [0.717, 1.165) is 25.3 Å². The molecule has 0 amide bonds. The van der Waals surface area contributed by atoms with Crippen LogP contribution in [0.15, 0.2) is 36.7 Å². The van der Waals surface area contributed by atoms with Crippen molar-refractivity contribution < 1.29 is 0 Å². The topological polar surface area (TPSA) is 29.9 Å². The first-order valence-corrected chi connectivity index (χ1v) is 7.22. The number of para-hydroxylation sites is 1. The summed E-state index contributed by atoms with van der Waals surface area (Å²) in [6.45, 7) is 5.39. The molecule has 3 nitrogen and oxygen atoms in total. The van der Waals surface area contributed by atoms with Gasteiger partial charge in [0.15, 0.2) is 0 Å². The van der Waals surface area contributed by atoms with Crippen LogP contribution < -0.4 is 5.32 Å². The van der Waals surface area contributed by atoms with Gasteiger partial charge < -0.3 is 5.32 Å². The Labute approximate surface area is 115 Å². The average molecular weight is 257 g/mol. The van der Waals surface area contributed by atoms with Crippen molar-refractivity contribution in [2.24, 2.45) is 0 Å². The number of rotatable bonds is 7. The molecule has 1 N–H and O–H groups in total. The van der Waals surface area contributed by atoms with Gasteiger partial charge in [-0.3, -0.25) is 4.57 Å². The van der Waals surface area contributed by atoms with E-state index < -0.39 is 0 Å². The molecule has 0 saturated carbocycles. The maximum atomic E-state index is 4.42. The first-order valence-electron chi connectivity index (χ1n) is 7.22. The van der Waals surface area contributed by atoms with E-state index in [9.17, 15) is 0 Å². The van der Waals surface area contributed by atoms with E-state index in [-0.39, 0.29) is 0 Å². The molecule has 0 radical (unpaired) electrons. The molecule has 1 aromatic heterocycles. The number of unbranched alkanes of at least 4 members (excludes halogenated alkanes) is 1. The lowest BCUT2D eigenvalue weighted by atomic mass is 10.1. The monoisotopic (exact) mass is 257 g/mol. The smallest absolute Gasteiger partial charge is 0.207 e. The highest BCUT2D eigenvalue weighted by atomic mass is 15.2. The number of nitrogens with one attached hydrogen (secondary N) is 1. The molecule has 2 aromatic rings. The van der Waals surface area contributed by atoms with Gasteiger partial charge in [0.1, 0.15) is 0 Å². The number of imidazole rings is 1. The SMILES string of the molecule is CCCCNc1nccn1-c1ccccc1CCC. The predicted molar refractivity (Wildman–Crippen MR) is 81.0 cm³/mol. The summed E-state index contributed by atoms with van der Waals surface area (Å²) in [5.74, 6) is 0.942. The van der Waals surface area contributed by atoms with Crippen LogP contribution in [0.4, 0.5) is 5.95 Å². The molecule has 0 unspecified atom stereocenters. The van der Waals surface area contributed by atoms with Crippen molar-refractivity contribution in [2.45, 2.75) is 39.5 Å². The Bertz CT molecular complexity index is 502. The fraction of sp³-hybridized carbons (Fsp3) is 0.438. The van der Waals surface area contributed by atoms with E-state index in [4.69, 9.17) is 0 Å². The number of benzene rings is 1. The van der Waals surface area contributed by atoms with Crippen LogP contribution in [-0.2, 0) is 6.42 Å². The second-order valence-electron chi connectivity index (χ2n) is 4.78. The molecule has 102 valence electrons. The summed E-state index contributed by atoms with van der Waals surface area (Å²) in [4.78, 5) is 4.42. The minimum Gasteiger partial charge on any atom is -0.355 e. The second kappa shape index (κ2) is 6.98. The van der Waals surface area contributed by atoms with E-state index in [1.807, 2.05) is 12.4 Å². The Balaban J connectivity index is 2.24. The van der Waals surface area contributed by atoms with Crippen LogP contribution in [0.2, 0.25) is 0 Å². The minimum absolute atomic E-state index is 0.942. The van der Waals surface area contributed by atoms with Gasteiger partial charge in [0.05, 0.1) is 5.69 Å². The van der Waals surface area contributed by atoms with Crippen LogP contribution in [0.5, 0.6) is 0 Å². The van der Waals surface area contributed by atoms with Crippen LogP contribution >= 0.6 is 0 Å². The van der Waals surface area contributed by atoms with Gasteiger partial charge in [-0.25, -0.2) is 4.98 Å². The fourth-order valence-corrected chi connectivity index (χ4v) is 2.23. The summed E-state index contributed by atoms with van der Waals surface area (Å²) in [5.41, 5.74) is 2.61. The Morgan fingerprint density at radius 3 is 2.79 bits per heavy atom. The van der Waals surface area contributed by atoms with Crippen molar-refractivity contribution in [3.05, 3.63) is 42.2 Å². The molecule has 1 aromatic carbocycles. The largest absolute Gasteiger partial charge is 0.355 e. The molecule has 0 aliphatic heterocycles. The summed E-state index contributed by atoms with van der Waals surface area (Å²) in [5, 5.41) is 3.41. The number of hydrogen-bond donors (Lipinski definition) is 1.